The predicted molar refractivity (Wildman–Crippen MR) is 102 cm³/mol. The molecule has 0 spiro atoms. The molecule has 8 heteroatoms. The molecule has 0 aliphatic carbocycles. The molecule has 0 saturated carbocycles. The molecule has 30 heavy (non-hydrogen) atoms. The van der Waals surface area contributed by atoms with Gasteiger partial charge in [0.05, 0.1) is 22.5 Å². The van der Waals surface area contributed by atoms with Crippen LogP contribution in [-0.4, -0.2) is 29.2 Å². The van der Waals surface area contributed by atoms with Crippen molar-refractivity contribution in [2.45, 2.75) is 0 Å². The molecule has 3 amide bonds. The summed E-state index contributed by atoms with van der Waals surface area (Å²) in [7, 11) is 0. The van der Waals surface area contributed by atoms with Crippen molar-refractivity contribution >= 4 is 29.1 Å². The summed E-state index contributed by atoms with van der Waals surface area (Å²) < 4.78 is 34.0. The van der Waals surface area contributed by atoms with Gasteiger partial charge in [-0.25, -0.2) is 8.78 Å². The number of ether oxygens (including phenoxy) is 1. The number of imide groups is 1. The summed E-state index contributed by atoms with van der Waals surface area (Å²) in [4.78, 5) is 40.3. The smallest absolute Gasteiger partial charge is 0.265 e. The minimum absolute atomic E-state index is 0.420. The number of para-hydroxylation sites is 4. The SMILES string of the molecule is O=C1c2c(F)ccc(F)c2C(=O)N1CC(=O)N1c2ccccc2Oc2ccccc21. The number of hydrogen-bond donors (Lipinski definition) is 0. The molecular formula is C22H12F2N2O4. The van der Waals surface area contributed by atoms with E-state index in [1.807, 2.05) is 0 Å². The highest BCUT2D eigenvalue weighted by Crippen LogP contribution is 2.46. The molecule has 148 valence electrons. The number of rotatable bonds is 2. The van der Waals surface area contributed by atoms with Gasteiger partial charge in [0, 0.05) is 0 Å². The Kier molecular flexibility index (Phi) is 3.89. The van der Waals surface area contributed by atoms with Gasteiger partial charge in [-0.15, -0.1) is 0 Å². The average molecular weight is 406 g/mol. The zero-order valence-electron chi connectivity index (χ0n) is 15.3. The van der Waals surface area contributed by atoms with Gasteiger partial charge in [0.1, 0.15) is 18.2 Å². The van der Waals surface area contributed by atoms with Crippen molar-refractivity contribution < 1.29 is 27.9 Å². The van der Waals surface area contributed by atoms with Gasteiger partial charge < -0.3 is 4.74 Å². The van der Waals surface area contributed by atoms with Gasteiger partial charge in [0.15, 0.2) is 11.5 Å². The Morgan fingerprint density at radius 3 is 1.73 bits per heavy atom. The number of carbonyl (C=O) groups excluding carboxylic acids is 3. The Morgan fingerprint density at radius 2 is 1.23 bits per heavy atom. The van der Waals surface area contributed by atoms with Crippen LogP contribution in [0.1, 0.15) is 20.7 Å². The van der Waals surface area contributed by atoms with Gasteiger partial charge in [0.25, 0.3) is 17.7 Å². The van der Waals surface area contributed by atoms with Gasteiger partial charge in [-0.1, -0.05) is 24.3 Å². The second-order valence-corrected chi connectivity index (χ2v) is 6.74. The molecule has 0 N–H and O–H groups in total. The van der Waals surface area contributed by atoms with E-state index in [1.165, 1.54) is 4.90 Å². The topological polar surface area (TPSA) is 66.9 Å². The van der Waals surface area contributed by atoms with Gasteiger partial charge in [-0.2, -0.15) is 0 Å². The molecule has 0 unspecified atom stereocenters. The first kappa shape index (κ1) is 18.0. The maximum absolute atomic E-state index is 14.1. The van der Waals surface area contributed by atoms with Crippen molar-refractivity contribution in [2.75, 3.05) is 11.4 Å². The van der Waals surface area contributed by atoms with E-state index in [2.05, 4.69) is 0 Å². The second-order valence-electron chi connectivity index (χ2n) is 6.74. The zero-order chi connectivity index (χ0) is 21.0. The van der Waals surface area contributed by atoms with Crippen molar-refractivity contribution in [3.8, 4) is 11.5 Å². The maximum Gasteiger partial charge on any atom is 0.265 e. The molecule has 2 aliphatic heterocycles. The van der Waals surface area contributed by atoms with Crippen LogP contribution in [0.2, 0.25) is 0 Å². The van der Waals surface area contributed by atoms with Gasteiger partial charge in [-0.05, 0) is 36.4 Å². The summed E-state index contributed by atoms with van der Waals surface area (Å²) >= 11 is 0. The molecule has 2 heterocycles. The predicted octanol–water partition coefficient (Wildman–Crippen LogP) is 4.03. The minimum Gasteiger partial charge on any atom is -0.453 e. The Balaban J connectivity index is 1.53. The lowest BCUT2D eigenvalue weighted by molar-refractivity contribution is -0.118. The summed E-state index contributed by atoms with van der Waals surface area (Å²) in [5.41, 5.74) is -0.462. The zero-order valence-corrected chi connectivity index (χ0v) is 15.3. The molecule has 6 nitrogen and oxygen atoms in total. The van der Waals surface area contributed by atoms with E-state index < -0.39 is 47.0 Å². The Labute approximate surface area is 168 Å². The fourth-order valence-electron chi connectivity index (χ4n) is 3.66. The molecule has 0 radical (unpaired) electrons. The number of fused-ring (bicyclic) bond motifs is 3. The average Bonchev–Trinajstić information content (AvgIpc) is 3.00. The Bertz CT molecular complexity index is 1170. The number of anilines is 2. The van der Waals surface area contributed by atoms with E-state index in [0.717, 1.165) is 12.1 Å². The van der Waals surface area contributed by atoms with E-state index in [0.29, 0.717) is 27.8 Å². The van der Waals surface area contributed by atoms with E-state index in [-0.39, 0.29) is 0 Å². The van der Waals surface area contributed by atoms with Crippen LogP contribution in [0.25, 0.3) is 0 Å². The third-order valence-electron chi connectivity index (χ3n) is 5.00. The second kappa shape index (κ2) is 6.48. The Hall–Kier alpha value is -4.07. The molecule has 0 aromatic heterocycles. The normalized spacial score (nSPS) is 14.2. The minimum atomic E-state index is -1.05. The lowest BCUT2D eigenvalue weighted by atomic mass is 10.1. The first-order valence-corrected chi connectivity index (χ1v) is 9.00. The lowest BCUT2D eigenvalue weighted by Gasteiger charge is -2.31. The number of benzene rings is 3. The fourth-order valence-corrected chi connectivity index (χ4v) is 3.66. The van der Waals surface area contributed by atoms with E-state index >= 15 is 0 Å². The first-order chi connectivity index (χ1) is 14.5. The molecule has 3 aromatic carbocycles. The highest BCUT2D eigenvalue weighted by molar-refractivity contribution is 6.23. The quantitative estimate of drug-likeness (QED) is 0.603. The number of carbonyl (C=O) groups is 3. The summed E-state index contributed by atoms with van der Waals surface area (Å²) in [6.45, 7) is -0.687. The third kappa shape index (κ3) is 2.50. The Morgan fingerprint density at radius 1 is 0.767 bits per heavy atom. The molecule has 3 aromatic rings. The maximum atomic E-state index is 14.1. The van der Waals surface area contributed by atoms with E-state index in [1.54, 1.807) is 48.5 Å². The highest BCUT2D eigenvalue weighted by atomic mass is 19.1. The van der Waals surface area contributed by atoms with Gasteiger partial charge in [-0.3, -0.25) is 24.2 Å². The van der Waals surface area contributed by atoms with Crippen molar-refractivity contribution in [3.63, 3.8) is 0 Å². The molecule has 0 saturated heterocycles. The summed E-state index contributed by atoms with van der Waals surface area (Å²) in [5, 5.41) is 0. The van der Waals surface area contributed by atoms with Crippen molar-refractivity contribution in [3.05, 3.63) is 83.4 Å². The monoisotopic (exact) mass is 406 g/mol. The van der Waals surface area contributed by atoms with Crippen LogP contribution in [0, 0.1) is 11.6 Å². The standard InChI is InChI=1S/C22H12F2N2O4/c23-12-9-10-13(24)20-19(12)21(28)25(22(20)29)11-18(27)26-14-5-1-3-7-16(14)30-17-8-4-2-6-15(17)26/h1-10H,11H2. The van der Waals surface area contributed by atoms with Crippen LogP contribution in [0.15, 0.2) is 60.7 Å². The molecule has 5 rings (SSSR count). The van der Waals surface area contributed by atoms with E-state index in [9.17, 15) is 23.2 Å². The lowest BCUT2D eigenvalue weighted by Crippen LogP contribution is -2.41. The number of amides is 3. The van der Waals surface area contributed by atoms with Crippen LogP contribution in [0.4, 0.5) is 20.2 Å². The number of halogens is 2. The number of hydrogen-bond acceptors (Lipinski definition) is 4. The molecule has 0 bridgehead atoms. The summed E-state index contributed by atoms with van der Waals surface area (Å²) in [6, 6.07) is 15.1. The summed E-state index contributed by atoms with van der Waals surface area (Å²) in [6.07, 6.45) is 0. The van der Waals surface area contributed by atoms with Gasteiger partial charge in [0.2, 0.25) is 0 Å². The van der Waals surface area contributed by atoms with Crippen LogP contribution in [-0.2, 0) is 4.79 Å². The fraction of sp³-hybridized carbons (Fsp3) is 0.0455. The van der Waals surface area contributed by atoms with Crippen molar-refractivity contribution in [1.29, 1.82) is 0 Å². The first-order valence-electron chi connectivity index (χ1n) is 9.00. The van der Waals surface area contributed by atoms with Crippen LogP contribution in [0.3, 0.4) is 0 Å². The van der Waals surface area contributed by atoms with Crippen molar-refractivity contribution in [1.82, 2.24) is 4.90 Å². The summed E-state index contributed by atoms with van der Waals surface area (Å²) in [5.74, 6) is -3.91. The highest BCUT2D eigenvalue weighted by Gasteiger charge is 2.42. The van der Waals surface area contributed by atoms with Crippen molar-refractivity contribution in [2.24, 2.45) is 0 Å². The van der Waals surface area contributed by atoms with Crippen LogP contribution in [0.5, 0.6) is 11.5 Å². The van der Waals surface area contributed by atoms with Gasteiger partial charge >= 0.3 is 0 Å². The number of nitrogens with zero attached hydrogens (tertiary/aromatic N) is 2. The van der Waals surface area contributed by atoms with Crippen LogP contribution < -0.4 is 9.64 Å². The largest absolute Gasteiger partial charge is 0.453 e. The molecule has 2 aliphatic rings. The molecule has 0 atom stereocenters. The van der Waals surface area contributed by atoms with E-state index in [4.69, 9.17) is 4.74 Å². The third-order valence-corrected chi connectivity index (χ3v) is 5.00. The molecule has 0 fully saturated rings. The van der Waals surface area contributed by atoms with Crippen LogP contribution >= 0.6 is 0 Å². The molecular weight excluding hydrogens is 394 g/mol.